The third-order valence-electron chi connectivity index (χ3n) is 2.39. The van der Waals surface area contributed by atoms with Crippen LogP contribution in [-0.2, 0) is 9.53 Å². The monoisotopic (exact) mass is 262 g/mol. The van der Waals surface area contributed by atoms with Gasteiger partial charge in [0.1, 0.15) is 6.04 Å². The molecule has 7 heteroatoms. The average molecular weight is 262 g/mol. The van der Waals surface area contributed by atoms with Crippen molar-refractivity contribution in [2.45, 2.75) is 26.3 Å². The van der Waals surface area contributed by atoms with E-state index in [0.717, 1.165) is 0 Å². The molecule has 0 aliphatic carbocycles. The van der Waals surface area contributed by atoms with E-state index in [2.05, 4.69) is 5.32 Å². The molecule has 0 aromatic rings. The van der Waals surface area contributed by atoms with Gasteiger partial charge in [-0.2, -0.15) is 0 Å². The lowest BCUT2D eigenvalue weighted by atomic mass is 10.2. The SMILES string of the molecule is CCOCCN(CC)C(=O)N[C@H](CCO)C(=O)O. The number of aliphatic hydroxyl groups is 1. The summed E-state index contributed by atoms with van der Waals surface area (Å²) in [5.74, 6) is -1.15. The second-order valence-corrected chi connectivity index (χ2v) is 3.63. The topological polar surface area (TPSA) is 99.1 Å². The number of nitrogens with one attached hydrogen (secondary N) is 1. The van der Waals surface area contributed by atoms with Crippen molar-refractivity contribution in [3.8, 4) is 0 Å². The number of nitrogens with zero attached hydrogens (tertiary/aromatic N) is 1. The number of urea groups is 1. The van der Waals surface area contributed by atoms with E-state index < -0.39 is 18.0 Å². The van der Waals surface area contributed by atoms with E-state index in [0.29, 0.717) is 26.3 Å². The highest BCUT2D eigenvalue weighted by Gasteiger charge is 2.21. The molecule has 0 aromatic heterocycles. The lowest BCUT2D eigenvalue weighted by Gasteiger charge is -2.23. The van der Waals surface area contributed by atoms with Gasteiger partial charge in [0.2, 0.25) is 0 Å². The van der Waals surface area contributed by atoms with E-state index in [-0.39, 0.29) is 13.0 Å². The first-order chi connectivity index (χ1) is 8.56. The van der Waals surface area contributed by atoms with Crippen LogP contribution in [0.5, 0.6) is 0 Å². The molecule has 0 aliphatic heterocycles. The molecule has 0 aliphatic rings. The van der Waals surface area contributed by atoms with Crippen molar-refractivity contribution in [1.29, 1.82) is 0 Å². The van der Waals surface area contributed by atoms with Crippen molar-refractivity contribution < 1.29 is 24.5 Å². The third kappa shape index (κ3) is 6.41. The number of carboxylic acids is 1. The molecule has 0 saturated heterocycles. The highest BCUT2D eigenvalue weighted by molar-refractivity contribution is 5.82. The zero-order chi connectivity index (χ0) is 14.0. The lowest BCUT2D eigenvalue weighted by Crippen LogP contribution is -2.49. The summed E-state index contributed by atoms with van der Waals surface area (Å²) in [6.07, 6.45) is -0.00983. The van der Waals surface area contributed by atoms with Crippen molar-refractivity contribution in [2.24, 2.45) is 0 Å². The molecule has 7 nitrogen and oxygen atoms in total. The van der Waals surface area contributed by atoms with Gasteiger partial charge in [-0.1, -0.05) is 0 Å². The standard InChI is InChI=1S/C11H22N2O5/c1-3-13(6-8-18-4-2)11(17)12-9(5-7-14)10(15)16/h9,14H,3-8H2,1-2H3,(H,12,17)(H,15,16)/t9-/m1/s1. The minimum absolute atomic E-state index is 0.00983. The van der Waals surface area contributed by atoms with Gasteiger partial charge in [-0.3, -0.25) is 0 Å². The molecule has 0 radical (unpaired) electrons. The van der Waals surface area contributed by atoms with E-state index in [4.69, 9.17) is 14.9 Å². The molecule has 0 spiro atoms. The predicted molar refractivity (Wildman–Crippen MR) is 65.4 cm³/mol. The maximum Gasteiger partial charge on any atom is 0.326 e. The van der Waals surface area contributed by atoms with Gasteiger partial charge in [0, 0.05) is 32.7 Å². The summed E-state index contributed by atoms with van der Waals surface area (Å²) in [7, 11) is 0. The van der Waals surface area contributed by atoms with Gasteiger partial charge in [0.25, 0.3) is 0 Å². The van der Waals surface area contributed by atoms with Crippen LogP contribution in [0.2, 0.25) is 0 Å². The van der Waals surface area contributed by atoms with Gasteiger partial charge >= 0.3 is 12.0 Å². The molecule has 0 bridgehead atoms. The van der Waals surface area contributed by atoms with E-state index in [1.807, 2.05) is 6.92 Å². The van der Waals surface area contributed by atoms with Crippen LogP contribution in [0.4, 0.5) is 4.79 Å². The molecule has 0 saturated carbocycles. The Bertz CT molecular complexity index is 260. The fraction of sp³-hybridized carbons (Fsp3) is 0.818. The van der Waals surface area contributed by atoms with Crippen molar-refractivity contribution >= 4 is 12.0 Å². The molecular weight excluding hydrogens is 240 g/mol. The third-order valence-corrected chi connectivity index (χ3v) is 2.39. The summed E-state index contributed by atoms with van der Waals surface area (Å²) in [6.45, 7) is 5.22. The molecule has 106 valence electrons. The minimum Gasteiger partial charge on any atom is -0.480 e. The van der Waals surface area contributed by atoms with Gasteiger partial charge in [0.15, 0.2) is 0 Å². The summed E-state index contributed by atoms with van der Waals surface area (Å²) < 4.78 is 5.14. The van der Waals surface area contributed by atoms with Gasteiger partial charge < -0.3 is 25.2 Å². The second kappa shape index (κ2) is 9.67. The van der Waals surface area contributed by atoms with Crippen LogP contribution in [-0.4, -0.2) is 66.1 Å². The number of carboxylic acid groups (broad SMARTS) is 1. The zero-order valence-electron chi connectivity index (χ0n) is 10.9. The number of ether oxygens (including phenoxy) is 1. The summed E-state index contributed by atoms with van der Waals surface area (Å²) in [6, 6.07) is -1.53. The molecule has 0 rings (SSSR count). The van der Waals surface area contributed by atoms with Crippen molar-refractivity contribution in [3.05, 3.63) is 0 Å². The highest BCUT2D eigenvalue weighted by Crippen LogP contribution is 1.96. The Morgan fingerprint density at radius 1 is 1.39 bits per heavy atom. The Morgan fingerprint density at radius 2 is 2.06 bits per heavy atom. The Hall–Kier alpha value is -1.34. The molecule has 2 amide bonds. The number of likely N-dealkylation sites (N-methyl/N-ethyl adjacent to an activating group) is 1. The molecule has 3 N–H and O–H groups in total. The predicted octanol–water partition coefficient (Wildman–Crippen LogP) is -0.110. The van der Waals surface area contributed by atoms with Crippen LogP contribution in [0.3, 0.4) is 0 Å². The van der Waals surface area contributed by atoms with Crippen LogP contribution in [0.25, 0.3) is 0 Å². The molecule has 1 atom stereocenters. The number of aliphatic hydroxyl groups excluding tert-OH is 1. The first kappa shape index (κ1) is 16.7. The maximum absolute atomic E-state index is 11.8. The summed E-state index contributed by atoms with van der Waals surface area (Å²) in [5.41, 5.74) is 0. The number of hydrogen-bond acceptors (Lipinski definition) is 4. The molecule has 0 unspecified atom stereocenters. The summed E-state index contributed by atoms with van der Waals surface area (Å²) >= 11 is 0. The van der Waals surface area contributed by atoms with Gasteiger partial charge in [-0.15, -0.1) is 0 Å². The Kier molecular flexibility index (Phi) is 8.95. The number of carbonyl (C=O) groups is 2. The Morgan fingerprint density at radius 3 is 2.50 bits per heavy atom. The fourth-order valence-electron chi connectivity index (χ4n) is 1.35. The number of amides is 2. The van der Waals surface area contributed by atoms with Crippen LogP contribution in [0, 0.1) is 0 Å². The van der Waals surface area contributed by atoms with Gasteiger partial charge in [0.05, 0.1) is 6.61 Å². The Labute approximate surface area is 107 Å². The molecule has 0 aromatic carbocycles. The quantitative estimate of drug-likeness (QED) is 0.503. The highest BCUT2D eigenvalue weighted by atomic mass is 16.5. The first-order valence-electron chi connectivity index (χ1n) is 6.03. The normalized spacial score (nSPS) is 11.9. The van der Waals surface area contributed by atoms with Crippen LogP contribution >= 0.6 is 0 Å². The summed E-state index contributed by atoms with van der Waals surface area (Å²) in [4.78, 5) is 24.1. The number of rotatable bonds is 9. The molecule has 0 fully saturated rings. The Balaban J connectivity index is 4.26. The molecular formula is C11H22N2O5. The van der Waals surface area contributed by atoms with Crippen LogP contribution in [0.1, 0.15) is 20.3 Å². The van der Waals surface area contributed by atoms with Gasteiger partial charge in [-0.05, 0) is 13.8 Å². The van der Waals surface area contributed by atoms with Crippen LogP contribution in [0.15, 0.2) is 0 Å². The maximum atomic E-state index is 11.8. The van der Waals surface area contributed by atoms with Crippen molar-refractivity contribution in [2.75, 3.05) is 32.9 Å². The number of carbonyl (C=O) groups excluding carboxylic acids is 1. The van der Waals surface area contributed by atoms with Crippen LogP contribution < -0.4 is 5.32 Å². The number of aliphatic carboxylic acids is 1. The van der Waals surface area contributed by atoms with E-state index in [1.165, 1.54) is 4.90 Å². The average Bonchev–Trinajstić information content (AvgIpc) is 2.33. The van der Waals surface area contributed by atoms with Gasteiger partial charge in [-0.25, -0.2) is 9.59 Å². The van der Waals surface area contributed by atoms with E-state index in [1.54, 1.807) is 6.92 Å². The van der Waals surface area contributed by atoms with E-state index in [9.17, 15) is 9.59 Å². The van der Waals surface area contributed by atoms with E-state index >= 15 is 0 Å². The smallest absolute Gasteiger partial charge is 0.326 e. The lowest BCUT2D eigenvalue weighted by molar-refractivity contribution is -0.139. The van der Waals surface area contributed by atoms with Crippen molar-refractivity contribution in [1.82, 2.24) is 10.2 Å². The number of hydrogen-bond donors (Lipinski definition) is 3. The fourth-order valence-corrected chi connectivity index (χ4v) is 1.35. The summed E-state index contributed by atoms with van der Waals surface area (Å²) in [5, 5.41) is 19.9. The largest absolute Gasteiger partial charge is 0.480 e. The molecule has 18 heavy (non-hydrogen) atoms. The molecule has 0 heterocycles. The zero-order valence-corrected chi connectivity index (χ0v) is 10.9. The van der Waals surface area contributed by atoms with Crippen molar-refractivity contribution in [3.63, 3.8) is 0 Å². The minimum atomic E-state index is -1.15. The second-order valence-electron chi connectivity index (χ2n) is 3.63. The first-order valence-corrected chi connectivity index (χ1v) is 6.03.